The fourth-order valence-corrected chi connectivity index (χ4v) is 3.89. The summed E-state index contributed by atoms with van der Waals surface area (Å²) >= 11 is 0. The second-order valence-electron chi connectivity index (χ2n) is 7.04. The van der Waals surface area contributed by atoms with Gasteiger partial charge in [-0.15, -0.1) is 24.0 Å². The van der Waals surface area contributed by atoms with E-state index in [1.165, 1.54) is 4.31 Å². The van der Waals surface area contributed by atoms with Crippen LogP contribution in [-0.2, 0) is 14.8 Å². The molecule has 0 aliphatic carbocycles. The fraction of sp³-hybridized carbons (Fsp3) is 0.875. The molecule has 0 radical (unpaired) electrons. The van der Waals surface area contributed by atoms with E-state index >= 15 is 0 Å². The molecular formula is C16H34IN5O4S. The minimum Gasteiger partial charge on any atom is -0.444 e. The number of hydrogen-bond acceptors (Lipinski definition) is 5. The number of aliphatic imine (C=N–C) groups is 1. The standard InChI is InChI=1S/C16H33N5O4S.HI/c1-5-17-14(19-10-12-21-11-7-13-26(21,23)24)18-8-6-9-20-15(22)25-16(2,3)4;/h5-13H2,1-4H3,(H,20,22)(H2,17,18,19);1H. The van der Waals surface area contributed by atoms with Crippen molar-refractivity contribution in [1.29, 1.82) is 0 Å². The van der Waals surface area contributed by atoms with E-state index in [1.54, 1.807) is 0 Å². The van der Waals surface area contributed by atoms with Crippen LogP contribution in [0.25, 0.3) is 0 Å². The second kappa shape index (κ2) is 12.6. The lowest BCUT2D eigenvalue weighted by atomic mass is 10.2. The normalized spacial score (nSPS) is 17.1. The van der Waals surface area contributed by atoms with Crippen LogP contribution >= 0.6 is 24.0 Å². The maximum Gasteiger partial charge on any atom is 0.407 e. The maximum atomic E-state index is 11.8. The number of nitrogens with zero attached hydrogens (tertiary/aromatic N) is 2. The second-order valence-corrected chi connectivity index (χ2v) is 9.13. The van der Waals surface area contributed by atoms with Gasteiger partial charge in [0.25, 0.3) is 0 Å². The Hall–Kier alpha value is -0.820. The van der Waals surface area contributed by atoms with Gasteiger partial charge >= 0.3 is 6.09 Å². The van der Waals surface area contributed by atoms with E-state index in [2.05, 4.69) is 20.9 Å². The van der Waals surface area contributed by atoms with Gasteiger partial charge in [0.2, 0.25) is 10.0 Å². The number of hydrogen-bond donors (Lipinski definition) is 3. The highest BCUT2D eigenvalue weighted by molar-refractivity contribution is 14.0. The molecule has 0 atom stereocenters. The lowest BCUT2D eigenvalue weighted by Crippen LogP contribution is -2.42. The predicted octanol–water partition coefficient (Wildman–Crippen LogP) is 1.11. The molecule has 0 unspecified atom stereocenters. The molecular weight excluding hydrogens is 485 g/mol. The van der Waals surface area contributed by atoms with Gasteiger partial charge in [-0.25, -0.2) is 17.5 Å². The molecule has 1 saturated heterocycles. The van der Waals surface area contributed by atoms with E-state index in [9.17, 15) is 13.2 Å². The van der Waals surface area contributed by atoms with Crippen LogP contribution in [0.2, 0.25) is 0 Å². The number of rotatable bonds is 8. The predicted molar refractivity (Wildman–Crippen MR) is 118 cm³/mol. The van der Waals surface area contributed by atoms with Crippen LogP contribution in [0.15, 0.2) is 4.99 Å². The molecule has 0 bridgehead atoms. The van der Waals surface area contributed by atoms with E-state index in [1.807, 2.05) is 27.7 Å². The molecule has 160 valence electrons. The molecule has 0 spiro atoms. The molecule has 3 N–H and O–H groups in total. The lowest BCUT2D eigenvalue weighted by Gasteiger charge is -2.19. The topological polar surface area (TPSA) is 112 Å². The SMILES string of the molecule is CCNC(=NCCCNC(=O)OC(C)(C)C)NCCN1CCCS1(=O)=O.I. The van der Waals surface area contributed by atoms with E-state index < -0.39 is 21.7 Å². The van der Waals surface area contributed by atoms with E-state index in [0.717, 1.165) is 0 Å². The Balaban J connectivity index is 0.00000676. The van der Waals surface area contributed by atoms with Gasteiger partial charge in [0.1, 0.15) is 5.60 Å². The first-order valence-electron chi connectivity index (χ1n) is 9.11. The zero-order valence-corrected chi connectivity index (χ0v) is 19.9. The van der Waals surface area contributed by atoms with Crippen molar-refractivity contribution in [3.05, 3.63) is 0 Å². The van der Waals surface area contributed by atoms with Crippen LogP contribution in [0.4, 0.5) is 4.79 Å². The van der Waals surface area contributed by atoms with Crippen LogP contribution < -0.4 is 16.0 Å². The molecule has 1 heterocycles. The van der Waals surface area contributed by atoms with Gasteiger partial charge in [-0.3, -0.25) is 4.99 Å². The number of carbonyl (C=O) groups excluding carboxylic acids is 1. The van der Waals surface area contributed by atoms with Crippen LogP contribution in [0, 0.1) is 0 Å². The molecule has 1 fully saturated rings. The Kier molecular flexibility index (Phi) is 12.2. The van der Waals surface area contributed by atoms with E-state index in [4.69, 9.17) is 4.74 Å². The number of guanidine groups is 1. The molecule has 9 nitrogen and oxygen atoms in total. The molecule has 1 amide bonds. The van der Waals surface area contributed by atoms with Crippen molar-refractivity contribution < 1.29 is 17.9 Å². The summed E-state index contributed by atoms with van der Waals surface area (Å²) in [5.74, 6) is 0.882. The summed E-state index contributed by atoms with van der Waals surface area (Å²) in [6.45, 7) is 10.7. The van der Waals surface area contributed by atoms with Crippen LogP contribution in [0.5, 0.6) is 0 Å². The zero-order valence-electron chi connectivity index (χ0n) is 16.7. The van der Waals surface area contributed by atoms with Crippen molar-refractivity contribution in [1.82, 2.24) is 20.3 Å². The molecule has 1 rings (SSSR count). The van der Waals surface area contributed by atoms with Crippen LogP contribution in [0.1, 0.15) is 40.5 Å². The smallest absolute Gasteiger partial charge is 0.407 e. The van der Waals surface area contributed by atoms with Gasteiger partial charge in [-0.2, -0.15) is 0 Å². The number of amides is 1. The number of sulfonamides is 1. The van der Waals surface area contributed by atoms with E-state index in [-0.39, 0.29) is 29.7 Å². The third-order valence-electron chi connectivity index (χ3n) is 3.47. The average Bonchev–Trinajstić information content (AvgIpc) is 2.84. The Morgan fingerprint density at radius 2 is 1.89 bits per heavy atom. The largest absolute Gasteiger partial charge is 0.444 e. The fourth-order valence-electron chi connectivity index (χ4n) is 2.36. The minimum absolute atomic E-state index is 0. The molecule has 1 aliphatic heterocycles. The number of ether oxygens (including phenoxy) is 1. The first kappa shape index (κ1) is 26.2. The van der Waals surface area contributed by atoms with Crippen molar-refractivity contribution in [3.8, 4) is 0 Å². The number of carbonyl (C=O) groups is 1. The number of alkyl carbamates (subject to hydrolysis) is 1. The van der Waals surface area contributed by atoms with Gasteiger partial charge in [0.15, 0.2) is 5.96 Å². The summed E-state index contributed by atoms with van der Waals surface area (Å²) in [4.78, 5) is 16.0. The number of halogens is 1. The van der Waals surface area contributed by atoms with Gasteiger partial charge in [0, 0.05) is 39.3 Å². The van der Waals surface area contributed by atoms with Crippen molar-refractivity contribution >= 4 is 46.1 Å². The molecule has 0 aromatic rings. The molecule has 11 heteroatoms. The van der Waals surface area contributed by atoms with Crippen molar-refractivity contribution in [3.63, 3.8) is 0 Å². The van der Waals surface area contributed by atoms with Gasteiger partial charge in [-0.1, -0.05) is 0 Å². The van der Waals surface area contributed by atoms with Crippen molar-refractivity contribution in [2.24, 2.45) is 4.99 Å². The van der Waals surface area contributed by atoms with Crippen molar-refractivity contribution in [2.45, 2.75) is 46.1 Å². The molecule has 1 aliphatic rings. The van der Waals surface area contributed by atoms with Crippen molar-refractivity contribution in [2.75, 3.05) is 45.0 Å². The maximum absolute atomic E-state index is 11.8. The highest BCUT2D eigenvalue weighted by atomic mass is 127. The van der Waals surface area contributed by atoms with Gasteiger partial charge < -0.3 is 20.7 Å². The third-order valence-corrected chi connectivity index (χ3v) is 5.43. The summed E-state index contributed by atoms with van der Waals surface area (Å²) in [6, 6.07) is 0. The minimum atomic E-state index is -3.06. The van der Waals surface area contributed by atoms with E-state index in [0.29, 0.717) is 58.1 Å². The summed E-state index contributed by atoms with van der Waals surface area (Å²) in [5, 5.41) is 8.94. The van der Waals surface area contributed by atoms with Gasteiger partial charge in [-0.05, 0) is 40.5 Å². The molecule has 0 aromatic carbocycles. The summed E-state index contributed by atoms with van der Waals surface area (Å²) < 4.78 is 30.2. The lowest BCUT2D eigenvalue weighted by molar-refractivity contribution is 0.0527. The van der Waals surface area contributed by atoms with Crippen LogP contribution in [-0.4, -0.2) is 75.4 Å². The first-order chi connectivity index (χ1) is 12.1. The Bertz CT molecular complexity index is 578. The highest BCUT2D eigenvalue weighted by Gasteiger charge is 2.27. The quantitative estimate of drug-likeness (QED) is 0.192. The van der Waals surface area contributed by atoms with Crippen LogP contribution in [0.3, 0.4) is 0 Å². The summed E-state index contributed by atoms with van der Waals surface area (Å²) in [7, 11) is -3.06. The molecule has 27 heavy (non-hydrogen) atoms. The molecule has 0 saturated carbocycles. The average molecular weight is 519 g/mol. The number of nitrogens with one attached hydrogen (secondary N) is 3. The Labute approximate surface area is 180 Å². The third kappa shape index (κ3) is 11.6. The zero-order chi connectivity index (χ0) is 19.6. The highest BCUT2D eigenvalue weighted by Crippen LogP contribution is 2.11. The first-order valence-corrected chi connectivity index (χ1v) is 10.7. The summed E-state index contributed by atoms with van der Waals surface area (Å²) in [6.07, 6.45) is 0.940. The monoisotopic (exact) mass is 519 g/mol. The Morgan fingerprint density at radius 3 is 2.44 bits per heavy atom. The van der Waals surface area contributed by atoms with Gasteiger partial charge in [0.05, 0.1) is 5.75 Å². The summed E-state index contributed by atoms with van der Waals surface area (Å²) in [5.41, 5.74) is -0.507. The molecule has 0 aromatic heterocycles. The Morgan fingerprint density at radius 1 is 1.19 bits per heavy atom.